The van der Waals surface area contributed by atoms with Crippen molar-refractivity contribution in [2.75, 3.05) is 0 Å². The van der Waals surface area contributed by atoms with E-state index in [-0.39, 0.29) is 5.97 Å². The Morgan fingerprint density at radius 2 is 1.78 bits per heavy atom. The van der Waals surface area contributed by atoms with Crippen molar-refractivity contribution in [3.63, 3.8) is 0 Å². The van der Waals surface area contributed by atoms with Gasteiger partial charge in [-0.15, -0.1) is 0 Å². The third kappa shape index (κ3) is 6.84. The molecule has 1 aromatic carbocycles. The Bertz CT molecular complexity index is 346. The van der Waals surface area contributed by atoms with E-state index < -0.39 is 0 Å². The normalized spacial score (nSPS) is 10.0. The number of carbonyl (C=O) groups excluding carboxylic acids is 2. The minimum atomic E-state index is -0.152. The summed E-state index contributed by atoms with van der Waals surface area (Å²) in [4.78, 5) is 21.4. The molecule has 0 saturated heterocycles. The first-order valence-corrected chi connectivity index (χ1v) is 6.37. The Hall–Kier alpha value is -1.64. The highest BCUT2D eigenvalue weighted by Gasteiger charge is 2.02. The van der Waals surface area contributed by atoms with E-state index in [9.17, 15) is 9.59 Å². The van der Waals surface area contributed by atoms with Crippen LogP contribution < -0.4 is 0 Å². The standard InChI is InChI=1S/C15H19O3/c16-12-8-3-1-2-7-11-15(17)18-13-14-9-5-4-6-10-14/h4-6,9-10H,1-3,7-8,11,13H2. The minimum Gasteiger partial charge on any atom is -0.461 e. The van der Waals surface area contributed by atoms with Gasteiger partial charge in [0.1, 0.15) is 6.61 Å². The predicted molar refractivity (Wildman–Crippen MR) is 69.6 cm³/mol. The fourth-order valence-corrected chi connectivity index (χ4v) is 1.63. The fraction of sp³-hybridized carbons (Fsp3) is 0.467. The summed E-state index contributed by atoms with van der Waals surface area (Å²) < 4.78 is 5.15. The maximum Gasteiger partial charge on any atom is 0.306 e. The molecule has 0 aromatic heterocycles. The van der Waals surface area contributed by atoms with E-state index in [1.807, 2.05) is 36.6 Å². The molecule has 0 unspecified atom stereocenters. The molecule has 0 spiro atoms. The molecule has 0 saturated carbocycles. The Morgan fingerprint density at radius 1 is 1.06 bits per heavy atom. The molecule has 97 valence electrons. The maximum absolute atomic E-state index is 11.4. The molecule has 0 atom stereocenters. The van der Waals surface area contributed by atoms with Gasteiger partial charge in [-0.1, -0.05) is 43.2 Å². The zero-order valence-electron chi connectivity index (χ0n) is 10.6. The quantitative estimate of drug-likeness (QED) is 0.497. The molecule has 0 aliphatic heterocycles. The van der Waals surface area contributed by atoms with E-state index in [4.69, 9.17) is 4.74 Å². The molecule has 0 aliphatic carbocycles. The van der Waals surface area contributed by atoms with Crippen LogP contribution in [0.2, 0.25) is 0 Å². The summed E-state index contributed by atoms with van der Waals surface area (Å²) in [6.07, 6.45) is 6.44. The zero-order valence-corrected chi connectivity index (χ0v) is 10.6. The van der Waals surface area contributed by atoms with E-state index in [1.54, 1.807) is 0 Å². The molecule has 18 heavy (non-hydrogen) atoms. The monoisotopic (exact) mass is 247 g/mol. The smallest absolute Gasteiger partial charge is 0.306 e. The second-order valence-electron chi connectivity index (χ2n) is 4.20. The number of ether oxygens (including phenoxy) is 1. The van der Waals surface area contributed by atoms with Gasteiger partial charge in [-0.25, -0.2) is 0 Å². The highest BCUT2D eigenvalue weighted by atomic mass is 16.5. The van der Waals surface area contributed by atoms with Crippen LogP contribution in [-0.2, 0) is 20.9 Å². The highest BCUT2D eigenvalue weighted by molar-refractivity contribution is 5.69. The van der Waals surface area contributed by atoms with Crippen LogP contribution in [0.25, 0.3) is 0 Å². The summed E-state index contributed by atoms with van der Waals surface area (Å²) in [6.45, 7) is 0.347. The Labute approximate surface area is 108 Å². The van der Waals surface area contributed by atoms with Crippen molar-refractivity contribution in [2.45, 2.75) is 45.1 Å². The average molecular weight is 247 g/mol. The van der Waals surface area contributed by atoms with Crippen molar-refractivity contribution in [3.05, 3.63) is 35.9 Å². The average Bonchev–Trinajstić information content (AvgIpc) is 2.41. The van der Waals surface area contributed by atoms with E-state index in [1.165, 1.54) is 0 Å². The van der Waals surface area contributed by atoms with E-state index in [0.29, 0.717) is 19.4 Å². The highest BCUT2D eigenvalue weighted by Crippen LogP contribution is 2.07. The molecule has 0 heterocycles. The third-order valence-electron chi connectivity index (χ3n) is 2.65. The van der Waals surface area contributed by atoms with Crippen molar-refractivity contribution in [1.29, 1.82) is 0 Å². The number of rotatable bonds is 9. The van der Waals surface area contributed by atoms with Crippen LogP contribution in [-0.4, -0.2) is 12.3 Å². The van der Waals surface area contributed by atoms with Gasteiger partial charge in [0.15, 0.2) is 6.29 Å². The molecular formula is C15H19O3. The van der Waals surface area contributed by atoms with Gasteiger partial charge in [-0.05, 0) is 18.4 Å². The van der Waals surface area contributed by atoms with Crippen molar-refractivity contribution >= 4 is 12.3 Å². The number of carbonyl (C=O) groups is 1. The molecule has 1 rings (SSSR count). The summed E-state index contributed by atoms with van der Waals surface area (Å²) in [5.74, 6) is -0.152. The molecule has 1 aromatic rings. The SMILES string of the molecule is O=[C]CCCCCCC(=O)OCc1ccccc1. The molecule has 0 fully saturated rings. The van der Waals surface area contributed by atoms with Crippen LogP contribution in [0.4, 0.5) is 0 Å². The van der Waals surface area contributed by atoms with Gasteiger partial charge in [0, 0.05) is 12.8 Å². The van der Waals surface area contributed by atoms with Crippen LogP contribution in [0.1, 0.15) is 44.1 Å². The van der Waals surface area contributed by atoms with Crippen LogP contribution >= 0.6 is 0 Å². The van der Waals surface area contributed by atoms with Gasteiger partial charge < -0.3 is 4.74 Å². The predicted octanol–water partition coefficient (Wildman–Crippen LogP) is 3.18. The van der Waals surface area contributed by atoms with Gasteiger partial charge >= 0.3 is 5.97 Å². The van der Waals surface area contributed by atoms with Crippen LogP contribution in [0.5, 0.6) is 0 Å². The Kier molecular flexibility index (Phi) is 7.53. The molecule has 0 aliphatic rings. The largest absolute Gasteiger partial charge is 0.461 e. The van der Waals surface area contributed by atoms with E-state index >= 15 is 0 Å². The lowest BCUT2D eigenvalue weighted by atomic mass is 10.1. The lowest BCUT2D eigenvalue weighted by Gasteiger charge is -2.04. The topological polar surface area (TPSA) is 43.4 Å². The number of hydrogen-bond donors (Lipinski definition) is 0. The summed E-state index contributed by atoms with van der Waals surface area (Å²) >= 11 is 0. The number of esters is 1. The first-order chi connectivity index (χ1) is 8.83. The van der Waals surface area contributed by atoms with Gasteiger partial charge in [0.25, 0.3) is 0 Å². The third-order valence-corrected chi connectivity index (χ3v) is 2.65. The first-order valence-electron chi connectivity index (χ1n) is 6.37. The summed E-state index contributed by atoms with van der Waals surface area (Å²) in [5.41, 5.74) is 1.01. The number of benzene rings is 1. The van der Waals surface area contributed by atoms with Crippen molar-refractivity contribution in [1.82, 2.24) is 0 Å². The lowest BCUT2D eigenvalue weighted by Crippen LogP contribution is -2.04. The van der Waals surface area contributed by atoms with Crippen molar-refractivity contribution in [2.24, 2.45) is 0 Å². The maximum atomic E-state index is 11.4. The molecule has 0 amide bonds. The lowest BCUT2D eigenvalue weighted by molar-refractivity contribution is -0.145. The summed E-state index contributed by atoms with van der Waals surface area (Å²) in [7, 11) is 0. The summed E-state index contributed by atoms with van der Waals surface area (Å²) in [6, 6.07) is 9.65. The van der Waals surface area contributed by atoms with Gasteiger partial charge in [0.05, 0.1) is 0 Å². The summed E-state index contributed by atoms with van der Waals surface area (Å²) in [5, 5.41) is 0. The molecule has 1 radical (unpaired) electrons. The second kappa shape index (κ2) is 9.40. The van der Waals surface area contributed by atoms with Crippen LogP contribution in [0.3, 0.4) is 0 Å². The van der Waals surface area contributed by atoms with E-state index in [0.717, 1.165) is 31.2 Å². The second-order valence-corrected chi connectivity index (χ2v) is 4.20. The fourth-order valence-electron chi connectivity index (χ4n) is 1.63. The van der Waals surface area contributed by atoms with Gasteiger partial charge in [-0.3, -0.25) is 9.59 Å². The molecular weight excluding hydrogens is 228 g/mol. The Balaban J connectivity index is 2.02. The van der Waals surface area contributed by atoms with Crippen LogP contribution in [0, 0.1) is 0 Å². The van der Waals surface area contributed by atoms with Crippen molar-refractivity contribution in [3.8, 4) is 0 Å². The zero-order chi connectivity index (χ0) is 13.1. The molecule has 0 bridgehead atoms. The van der Waals surface area contributed by atoms with Crippen LogP contribution in [0.15, 0.2) is 30.3 Å². The first kappa shape index (κ1) is 14.4. The van der Waals surface area contributed by atoms with Gasteiger partial charge in [0.2, 0.25) is 0 Å². The minimum absolute atomic E-state index is 0.152. The number of hydrogen-bond acceptors (Lipinski definition) is 3. The van der Waals surface area contributed by atoms with Gasteiger partial charge in [-0.2, -0.15) is 0 Å². The molecule has 0 N–H and O–H groups in total. The van der Waals surface area contributed by atoms with Crippen molar-refractivity contribution < 1.29 is 14.3 Å². The van der Waals surface area contributed by atoms with E-state index in [2.05, 4.69) is 0 Å². The Morgan fingerprint density at radius 3 is 2.50 bits per heavy atom. The number of unbranched alkanes of at least 4 members (excludes halogenated alkanes) is 4. The molecule has 3 heteroatoms. The molecule has 3 nitrogen and oxygen atoms in total.